The van der Waals surface area contributed by atoms with Gasteiger partial charge < -0.3 is 0 Å². The van der Waals surface area contributed by atoms with Crippen LogP contribution in [0.2, 0.25) is 0 Å². The molecule has 0 aliphatic heterocycles. The Labute approximate surface area is 131 Å². The first-order valence-corrected chi connectivity index (χ1v) is 7.62. The molecule has 2 heterocycles. The second-order valence-corrected chi connectivity index (χ2v) is 5.58. The Morgan fingerprint density at radius 3 is 2.91 bits per heavy atom. The van der Waals surface area contributed by atoms with Crippen molar-refractivity contribution in [3.8, 4) is 0 Å². The number of aromatic nitrogens is 2. The zero-order chi connectivity index (χ0) is 15.2. The summed E-state index contributed by atoms with van der Waals surface area (Å²) in [5.74, 6) is -0.206. The predicted molar refractivity (Wildman–Crippen MR) is 87.2 cm³/mol. The summed E-state index contributed by atoms with van der Waals surface area (Å²) in [5, 5.41) is 10.1. The molecule has 1 N–H and O–H groups in total. The molecule has 0 unspecified atom stereocenters. The van der Waals surface area contributed by atoms with Gasteiger partial charge in [0.1, 0.15) is 0 Å². The first-order valence-electron chi connectivity index (χ1n) is 6.74. The van der Waals surface area contributed by atoms with Crippen molar-refractivity contribution in [1.82, 2.24) is 15.2 Å². The summed E-state index contributed by atoms with van der Waals surface area (Å²) in [7, 11) is 0. The number of hydrogen-bond donors (Lipinski definition) is 1. The van der Waals surface area contributed by atoms with Crippen LogP contribution in [0, 0.1) is 0 Å². The molecule has 0 spiro atoms. The van der Waals surface area contributed by atoms with Gasteiger partial charge in [0, 0.05) is 11.8 Å². The average Bonchev–Trinajstić information content (AvgIpc) is 3.20. The van der Waals surface area contributed by atoms with Crippen molar-refractivity contribution >= 4 is 23.5 Å². The van der Waals surface area contributed by atoms with Crippen LogP contribution in [0.25, 0.3) is 0 Å². The van der Waals surface area contributed by atoms with Crippen LogP contribution >= 0.6 is 11.3 Å². The maximum atomic E-state index is 11.7. The first-order chi connectivity index (χ1) is 10.8. The van der Waals surface area contributed by atoms with Crippen LogP contribution in [-0.4, -0.2) is 21.9 Å². The largest absolute Gasteiger partial charge is 0.281 e. The third-order valence-electron chi connectivity index (χ3n) is 2.97. The van der Waals surface area contributed by atoms with Crippen LogP contribution in [0.3, 0.4) is 0 Å². The molecule has 0 saturated carbocycles. The van der Waals surface area contributed by atoms with Gasteiger partial charge in [0.2, 0.25) is 0 Å². The highest BCUT2D eigenvalue weighted by Gasteiger charge is 2.04. The third-order valence-corrected chi connectivity index (χ3v) is 3.83. The van der Waals surface area contributed by atoms with Crippen LogP contribution in [-0.2, 0) is 6.54 Å². The Hall–Kier alpha value is -2.73. The van der Waals surface area contributed by atoms with Gasteiger partial charge in [-0.1, -0.05) is 36.4 Å². The van der Waals surface area contributed by atoms with Crippen molar-refractivity contribution < 1.29 is 4.79 Å². The lowest BCUT2D eigenvalue weighted by molar-refractivity contribution is 0.0959. The third kappa shape index (κ3) is 3.67. The van der Waals surface area contributed by atoms with E-state index in [1.54, 1.807) is 18.5 Å². The number of nitrogens with zero attached hydrogens (tertiary/aromatic N) is 3. The van der Waals surface area contributed by atoms with E-state index in [1.165, 1.54) is 16.9 Å². The van der Waals surface area contributed by atoms with E-state index >= 15 is 0 Å². The fourth-order valence-electron chi connectivity index (χ4n) is 1.93. The molecule has 3 rings (SSSR count). The normalized spacial score (nSPS) is 10.9. The number of carbonyl (C=O) groups excluding carboxylic acids is 1. The van der Waals surface area contributed by atoms with Crippen LogP contribution in [0.1, 0.15) is 20.8 Å². The van der Waals surface area contributed by atoms with Crippen molar-refractivity contribution in [3.05, 3.63) is 76.2 Å². The van der Waals surface area contributed by atoms with Crippen LogP contribution in [0.5, 0.6) is 0 Å². The maximum absolute atomic E-state index is 11.7. The highest BCUT2D eigenvalue weighted by atomic mass is 32.1. The molecule has 0 saturated heterocycles. The lowest BCUT2D eigenvalue weighted by Crippen LogP contribution is -2.15. The number of amides is 1. The highest BCUT2D eigenvalue weighted by molar-refractivity contribution is 7.12. The average molecular weight is 310 g/mol. The zero-order valence-corrected chi connectivity index (χ0v) is 12.5. The summed E-state index contributed by atoms with van der Waals surface area (Å²) in [4.78, 5) is 12.3. The number of thiophene rings is 1. The van der Waals surface area contributed by atoms with Gasteiger partial charge in [-0.25, -0.2) is 5.43 Å². The van der Waals surface area contributed by atoms with Crippen molar-refractivity contribution in [1.29, 1.82) is 0 Å². The summed E-state index contributed by atoms with van der Waals surface area (Å²) in [6.45, 7) is 0.705. The lowest BCUT2D eigenvalue weighted by atomic mass is 10.2. The number of hydrogen-bond acceptors (Lipinski definition) is 4. The van der Waals surface area contributed by atoms with Gasteiger partial charge in [0.25, 0.3) is 5.91 Å². The highest BCUT2D eigenvalue weighted by Crippen LogP contribution is 2.07. The van der Waals surface area contributed by atoms with Crippen molar-refractivity contribution in [2.75, 3.05) is 0 Å². The Balaban J connectivity index is 1.57. The standard InChI is InChI=1S/C16H14N4OS/c21-16(15-7-4-8-22-15)19-17-9-14-10-18-20(12-14)11-13-5-2-1-3-6-13/h1-10,12H,11H2,(H,19,21)/b17-9-. The summed E-state index contributed by atoms with van der Waals surface area (Å²) >= 11 is 1.38. The minimum absolute atomic E-state index is 0.206. The van der Waals surface area contributed by atoms with Gasteiger partial charge in [0.15, 0.2) is 0 Å². The van der Waals surface area contributed by atoms with Crippen molar-refractivity contribution in [2.45, 2.75) is 6.54 Å². The Bertz CT molecular complexity index is 763. The van der Waals surface area contributed by atoms with E-state index in [0.29, 0.717) is 11.4 Å². The van der Waals surface area contributed by atoms with E-state index < -0.39 is 0 Å². The van der Waals surface area contributed by atoms with E-state index in [4.69, 9.17) is 0 Å². The second kappa shape index (κ2) is 6.82. The van der Waals surface area contributed by atoms with Crippen LogP contribution in [0.15, 0.2) is 65.3 Å². The van der Waals surface area contributed by atoms with E-state index in [1.807, 2.05) is 40.5 Å². The van der Waals surface area contributed by atoms with Gasteiger partial charge >= 0.3 is 0 Å². The molecule has 0 bridgehead atoms. The number of hydrazone groups is 1. The summed E-state index contributed by atoms with van der Waals surface area (Å²) in [5.41, 5.74) is 4.51. The fraction of sp³-hybridized carbons (Fsp3) is 0.0625. The molecule has 0 fully saturated rings. The molecule has 2 aromatic heterocycles. The monoisotopic (exact) mass is 310 g/mol. The van der Waals surface area contributed by atoms with Gasteiger partial charge in [0.05, 0.1) is 23.8 Å². The van der Waals surface area contributed by atoms with Crippen molar-refractivity contribution in [2.24, 2.45) is 5.10 Å². The molecule has 1 amide bonds. The number of nitrogens with one attached hydrogen (secondary N) is 1. The van der Waals surface area contributed by atoms with Crippen LogP contribution < -0.4 is 5.43 Å². The Kier molecular flexibility index (Phi) is 4.41. The minimum atomic E-state index is -0.206. The predicted octanol–water partition coefficient (Wildman–Crippen LogP) is 2.76. The molecule has 0 aliphatic carbocycles. The van der Waals surface area contributed by atoms with Crippen molar-refractivity contribution in [3.63, 3.8) is 0 Å². The second-order valence-electron chi connectivity index (χ2n) is 4.63. The maximum Gasteiger partial charge on any atom is 0.281 e. The molecular weight excluding hydrogens is 296 g/mol. The van der Waals surface area contributed by atoms with E-state index in [-0.39, 0.29) is 5.91 Å². The first kappa shape index (κ1) is 14.2. The molecule has 0 radical (unpaired) electrons. The SMILES string of the molecule is O=C(N/N=C\c1cnn(Cc2ccccc2)c1)c1cccs1. The number of rotatable bonds is 5. The van der Waals surface area contributed by atoms with Gasteiger partial charge in [-0.3, -0.25) is 9.48 Å². The quantitative estimate of drug-likeness (QED) is 0.582. The molecular formula is C16H14N4OS. The topological polar surface area (TPSA) is 59.3 Å². The molecule has 5 nitrogen and oxygen atoms in total. The number of carbonyl (C=O) groups is 1. The fourth-order valence-corrected chi connectivity index (χ4v) is 2.55. The van der Waals surface area contributed by atoms with E-state index in [9.17, 15) is 4.79 Å². The number of benzene rings is 1. The summed E-state index contributed by atoms with van der Waals surface area (Å²) < 4.78 is 1.83. The molecule has 0 atom stereocenters. The zero-order valence-electron chi connectivity index (χ0n) is 11.7. The molecule has 0 aliphatic rings. The van der Waals surface area contributed by atoms with Crippen LogP contribution in [0.4, 0.5) is 0 Å². The Morgan fingerprint density at radius 1 is 1.27 bits per heavy atom. The van der Waals surface area contributed by atoms with Gasteiger partial charge in [-0.15, -0.1) is 11.3 Å². The lowest BCUT2D eigenvalue weighted by Gasteiger charge is -2.00. The smallest absolute Gasteiger partial charge is 0.268 e. The summed E-state index contributed by atoms with van der Waals surface area (Å²) in [6.07, 6.45) is 5.18. The van der Waals surface area contributed by atoms with E-state index in [2.05, 4.69) is 27.8 Å². The van der Waals surface area contributed by atoms with E-state index in [0.717, 1.165) is 5.56 Å². The summed E-state index contributed by atoms with van der Waals surface area (Å²) in [6, 6.07) is 13.7. The molecule has 6 heteroatoms. The molecule has 3 aromatic rings. The molecule has 1 aromatic carbocycles. The van der Waals surface area contributed by atoms with Gasteiger partial charge in [-0.05, 0) is 17.0 Å². The molecule has 22 heavy (non-hydrogen) atoms. The Morgan fingerprint density at radius 2 is 2.14 bits per heavy atom. The molecule has 110 valence electrons. The van der Waals surface area contributed by atoms with Gasteiger partial charge in [-0.2, -0.15) is 10.2 Å². The minimum Gasteiger partial charge on any atom is -0.268 e.